The van der Waals surface area contributed by atoms with E-state index in [1.165, 1.54) is 36.0 Å². The van der Waals surface area contributed by atoms with Gasteiger partial charge >= 0.3 is 7.12 Å². The number of rotatable bonds is 11. The summed E-state index contributed by atoms with van der Waals surface area (Å²) in [7, 11) is -1.17. The van der Waals surface area contributed by atoms with Crippen LogP contribution in [0.3, 0.4) is 0 Å². The summed E-state index contributed by atoms with van der Waals surface area (Å²) in [6.07, 6.45) is 9.26. The zero-order valence-electron chi connectivity index (χ0n) is 16.8. The molecule has 0 heterocycles. The second kappa shape index (κ2) is 10.8. The van der Waals surface area contributed by atoms with E-state index in [1.807, 2.05) is 0 Å². The van der Waals surface area contributed by atoms with Crippen LogP contribution in [0.4, 0.5) is 0 Å². The van der Waals surface area contributed by atoms with Crippen molar-refractivity contribution in [1.82, 2.24) is 0 Å². The van der Waals surface area contributed by atoms with Gasteiger partial charge in [-0.2, -0.15) is 0 Å². The first kappa shape index (κ1) is 21.1. The first-order valence-electron chi connectivity index (χ1n) is 10.8. The molecular weight excluding hydrogens is 345 g/mol. The first-order chi connectivity index (χ1) is 13.6. The highest BCUT2D eigenvalue weighted by Crippen LogP contribution is 2.39. The summed E-state index contributed by atoms with van der Waals surface area (Å²) in [5.41, 5.74) is 10.5. The van der Waals surface area contributed by atoms with Gasteiger partial charge in [-0.3, -0.25) is 0 Å². The Balaban J connectivity index is 1.31. The fourth-order valence-electron chi connectivity index (χ4n) is 4.34. The predicted octanol–water partition coefficient (Wildman–Crippen LogP) is 4.21. The molecule has 1 saturated carbocycles. The van der Waals surface area contributed by atoms with Gasteiger partial charge in [0.15, 0.2) is 0 Å². The molecule has 1 unspecified atom stereocenters. The number of hydrogen-bond acceptors (Lipinski definition) is 3. The minimum atomic E-state index is -1.17. The molecular formula is C24H34BNO2. The van der Waals surface area contributed by atoms with Gasteiger partial charge in [-0.15, -0.1) is 0 Å². The number of benzene rings is 2. The van der Waals surface area contributed by atoms with Crippen molar-refractivity contribution in [3.8, 4) is 0 Å². The minimum absolute atomic E-state index is 0.282. The average Bonchev–Trinajstić information content (AvgIpc) is 2.66. The number of nitrogens with two attached hydrogens (primary N) is 1. The third-order valence-electron chi connectivity index (χ3n) is 6.24. The van der Waals surface area contributed by atoms with Crippen LogP contribution in [0, 0.1) is 11.8 Å². The fourth-order valence-corrected chi connectivity index (χ4v) is 4.34. The highest BCUT2D eigenvalue weighted by atomic mass is 16.4. The van der Waals surface area contributed by atoms with Gasteiger partial charge in [0.25, 0.3) is 0 Å². The summed E-state index contributed by atoms with van der Waals surface area (Å²) >= 11 is 0. The van der Waals surface area contributed by atoms with Gasteiger partial charge < -0.3 is 15.8 Å². The van der Waals surface area contributed by atoms with E-state index < -0.39 is 7.12 Å². The SMILES string of the molecule is NC(CCCCB(O)O)C1CC(CCc2ccc(Cc3ccccc3)cc2)C1. The molecule has 4 N–H and O–H groups in total. The summed E-state index contributed by atoms with van der Waals surface area (Å²) in [5.74, 6) is 1.48. The van der Waals surface area contributed by atoms with Crippen LogP contribution in [-0.4, -0.2) is 23.2 Å². The minimum Gasteiger partial charge on any atom is -0.427 e. The van der Waals surface area contributed by atoms with E-state index in [-0.39, 0.29) is 6.04 Å². The predicted molar refractivity (Wildman–Crippen MR) is 117 cm³/mol. The lowest BCUT2D eigenvalue weighted by Gasteiger charge is -2.39. The van der Waals surface area contributed by atoms with Crippen molar-refractivity contribution >= 4 is 7.12 Å². The van der Waals surface area contributed by atoms with E-state index in [0.29, 0.717) is 12.2 Å². The van der Waals surface area contributed by atoms with Crippen LogP contribution in [0.25, 0.3) is 0 Å². The van der Waals surface area contributed by atoms with Crippen LogP contribution in [-0.2, 0) is 12.8 Å². The van der Waals surface area contributed by atoms with Crippen LogP contribution in [0.5, 0.6) is 0 Å². The molecule has 150 valence electrons. The highest BCUT2D eigenvalue weighted by molar-refractivity contribution is 6.40. The maximum atomic E-state index is 8.88. The number of hydrogen-bond donors (Lipinski definition) is 3. The van der Waals surface area contributed by atoms with Crippen molar-refractivity contribution in [3.63, 3.8) is 0 Å². The molecule has 3 nitrogen and oxygen atoms in total. The Labute approximate surface area is 170 Å². The second-order valence-electron chi connectivity index (χ2n) is 8.54. The Kier molecular flexibility index (Phi) is 8.14. The maximum absolute atomic E-state index is 8.88. The van der Waals surface area contributed by atoms with Crippen LogP contribution in [0.15, 0.2) is 54.6 Å². The number of unbranched alkanes of at least 4 members (excludes halogenated alkanes) is 1. The molecule has 0 aromatic heterocycles. The van der Waals surface area contributed by atoms with E-state index >= 15 is 0 Å². The molecule has 2 aromatic carbocycles. The van der Waals surface area contributed by atoms with Crippen molar-refractivity contribution < 1.29 is 10.0 Å². The van der Waals surface area contributed by atoms with Gasteiger partial charge in [0.1, 0.15) is 0 Å². The van der Waals surface area contributed by atoms with Crippen molar-refractivity contribution in [2.24, 2.45) is 17.6 Å². The molecule has 0 aliphatic heterocycles. The standard InChI is InChI=1S/C24H34BNO2/c26-24(8-4-5-15-25(27)28)23-17-22(18-23)14-11-19-9-12-21(13-10-19)16-20-6-2-1-3-7-20/h1-3,6-7,9-10,12-13,22-24,27-28H,4-5,8,11,14-18,26H2. The molecule has 1 atom stereocenters. The van der Waals surface area contributed by atoms with Gasteiger partial charge in [-0.05, 0) is 73.4 Å². The van der Waals surface area contributed by atoms with E-state index in [4.69, 9.17) is 15.8 Å². The molecule has 0 spiro atoms. The molecule has 28 heavy (non-hydrogen) atoms. The topological polar surface area (TPSA) is 66.5 Å². The monoisotopic (exact) mass is 379 g/mol. The molecule has 0 bridgehead atoms. The Morgan fingerprint density at radius 2 is 1.54 bits per heavy atom. The fraction of sp³-hybridized carbons (Fsp3) is 0.500. The molecule has 3 rings (SSSR count). The summed E-state index contributed by atoms with van der Waals surface area (Å²) in [6, 6.07) is 20.0. The summed E-state index contributed by atoms with van der Waals surface area (Å²) in [5, 5.41) is 17.8. The van der Waals surface area contributed by atoms with Crippen molar-refractivity contribution in [2.45, 2.75) is 63.7 Å². The Bertz CT molecular complexity index is 684. The Morgan fingerprint density at radius 3 is 2.21 bits per heavy atom. The second-order valence-corrected chi connectivity index (χ2v) is 8.54. The normalized spacial score (nSPS) is 19.8. The lowest BCUT2D eigenvalue weighted by Crippen LogP contribution is -2.39. The zero-order chi connectivity index (χ0) is 19.8. The van der Waals surface area contributed by atoms with Gasteiger partial charge in [-0.1, -0.05) is 67.4 Å². The Morgan fingerprint density at radius 1 is 0.893 bits per heavy atom. The van der Waals surface area contributed by atoms with E-state index in [9.17, 15) is 0 Å². The van der Waals surface area contributed by atoms with Gasteiger partial charge in [0, 0.05) is 6.04 Å². The molecule has 1 fully saturated rings. The third-order valence-corrected chi connectivity index (χ3v) is 6.24. The van der Waals surface area contributed by atoms with Gasteiger partial charge in [0.2, 0.25) is 0 Å². The molecule has 4 heteroatoms. The summed E-state index contributed by atoms with van der Waals surface area (Å²) < 4.78 is 0. The Hall–Kier alpha value is -1.62. The largest absolute Gasteiger partial charge is 0.451 e. The summed E-state index contributed by atoms with van der Waals surface area (Å²) in [6.45, 7) is 0. The highest BCUT2D eigenvalue weighted by Gasteiger charge is 2.32. The van der Waals surface area contributed by atoms with Crippen molar-refractivity contribution in [3.05, 3.63) is 71.3 Å². The molecule has 0 radical (unpaired) electrons. The van der Waals surface area contributed by atoms with Gasteiger partial charge in [-0.25, -0.2) is 0 Å². The lowest BCUT2D eigenvalue weighted by atomic mass is 9.68. The van der Waals surface area contributed by atoms with Crippen molar-refractivity contribution in [2.75, 3.05) is 0 Å². The molecule has 1 aliphatic rings. The van der Waals surface area contributed by atoms with Crippen molar-refractivity contribution in [1.29, 1.82) is 0 Å². The van der Waals surface area contributed by atoms with Crippen LogP contribution < -0.4 is 5.73 Å². The van der Waals surface area contributed by atoms with Crippen LogP contribution in [0.2, 0.25) is 6.32 Å². The lowest BCUT2D eigenvalue weighted by molar-refractivity contribution is 0.147. The molecule has 0 saturated heterocycles. The average molecular weight is 379 g/mol. The smallest absolute Gasteiger partial charge is 0.427 e. The zero-order valence-corrected chi connectivity index (χ0v) is 16.8. The number of aryl methyl sites for hydroxylation is 1. The van der Waals surface area contributed by atoms with Crippen LogP contribution in [0.1, 0.15) is 55.2 Å². The van der Waals surface area contributed by atoms with E-state index in [2.05, 4.69) is 54.6 Å². The van der Waals surface area contributed by atoms with E-state index in [0.717, 1.165) is 38.0 Å². The molecule has 2 aromatic rings. The maximum Gasteiger partial charge on any atom is 0.451 e. The first-order valence-corrected chi connectivity index (χ1v) is 10.8. The molecule has 0 amide bonds. The van der Waals surface area contributed by atoms with Gasteiger partial charge in [0.05, 0.1) is 0 Å². The van der Waals surface area contributed by atoms with E-state index in [1.54, 1.807) is 0 Å². The molecule has 1 aliphatic carbocycles. The summed E-state index contributed by atoms with van der Waals surface area (Å²) in [4.78, 5) is 0. The third kappa shape index (κ3) is 6.77. The quantitative estimate of drug-likeness (QED) is 0.405. The van der Waals surface area contributed by atoms with Crippen LogP contribution >= 0.6 is 0 Å².